The SMILES string of the molecule is C[C@H](NC(=O)c1ccc2c(=O)[nH]cnc2c1)C(=O)O. The van der Waals surface area contributed by atoms with Crippen molar-refractivity contribution in [3.8, 4) is 0 Å². The van der Waals surface area contributed by atoms with Crippen LogP contribution < -0.4 is 10.9 Å². The second-order valence-electron chi connectivity index (χ2n) is 4.00. The summed E-state index contributed by atoms with van der Waals surface area (Å²) in [5.74, 6) is -1.65. The van der Waals surface area contributed by atoms with E-state index >= 15 is 0 Å². The molecule has 98 valence electrons. The maximum absolute atomic E-state index is 11.8. The van der Waals surface area contributed by atoms with E-state index < -0.39 is 17.9 Å². The lowest BCUT2D eigenvalue weighted by molar-refractivity contribution is -0.138. The Labute approximate surface area is 107 Å². The van der Waals surface area contributed by atoms with Gasteiger partial charge in [-0.1, -0.05) is 0 Å². The topological polar surface area (TPSA) is 112 Å². The summed E-state index contributed by atoms with van der Waals surface area (Å²) in [5.41, 5.74) is 0.328. The van der Waals surface area contributed by atoms with Crippen LogP contribution in [-0.4, -0.2) is 33.0 Å². The van der Waals surface area contributed by atoms with Crippen molar-refractivity contribution in [2.75, 3.05) is 0 Å². The Bertz CT molecular complexity index is 707. The number of nitrogens with zero attached hydrogens (tertiary/aromatic N) is 1. The molecule has 1 aromatic carbocycles. The van der Waals surface area contributed by atoms with Crippen LogP contribution in [0.15, 0.2) is 29.3 Å². The van der Waals surface area contributed by atoms with Crippen LogP contribution in [0.3, 0.4) is 0 Å². The number of hydrogen-bond donors (Lipinski definition) is 3. The van der Waals surface area contributed by atoms with E-state index in [1.165, 1.54) is 31.5 Å². The molecule has 0 saturated heterocycles. The smallest absolute Gasteiger partial charge is 0.325 e. The molecule has 0 saturated carbocycles. The van der Waals surface area contributed by atoms with Crippen LogP contribution in [0.2, 0.25) is 0 Å². The summed E-state index contributed by atoms with van der Waals surface area (Å²) in [7, 11) is 0. The van der Waals surface area contributed by atoms with Crippen LogP contribution in [0.5, 0.6) is 0 Å². The highest BCUT2D eigenvalue weighted by atomic mass is 16.4. The predicted octanol–water partition coefficient (Wildman–Crippen LogP) is 0.126. The summed E-state index contributed by atoms with van der Waals surface area (Å²) in [6.07, 6.45) is 1.24. The molecule has 2 rings (SSSR count). The Morgan fingerprint density at radius 1 is 1.42 bits per heavy atom. The third-order valence-corrected chi connectivity index (χ3v) is 2.62. The zero-order chi connectivity index (χ0) is 14.0. The number of carbonyl (C=O) groups excluding carboxylic acids is 1. The monoisotopic (exact) mass is 261 g/mol. The number of aromatic nitrogens is 2. The van der Waals surface area contributed by atoms with Crippen molar-refractivity contribution in [3.63, 3.8) is 0 Å². The van der Waals surface area contributed by atoms with E-state index in [-0.39, 0.29) is 11.1 Å². The summed E-state index contributed by atoms with van der Waals surface area (Å²) in [5, 5.41) is 11.4. The van der Waals surface area contributed by atoms with Crippen molar-refractivity contribution < 1.29 is 14.7 Å². The standard InChI is InChI=1S/C12H11N3O4/c1-6(12(18)19)15-10(16)7-2-3-8-9(4-7)13-5-14-11(8)17/h2-6H,1H3,(H,15,16)(H,18,19)(H,13,14,17)/t6-/m0/s1. The second kappa shape index (κ2) is 4.89. The molecule has 0 bridgehead atoms. The van der Waals surface area contributed by atoms with Crippen molar-refractivity contribution in [1.29, 1.82) is 0 Å². The van der Waals surface area contributed by atoms with Gasteiger partial charge in [-0.25, -0.2) is 4.98 Å². The summed E-state index contributed by atoms with van der Waals surface area (Å²) in [6.45, 7) is 1.37. The summed E-state index contributed by atoms with van der Waals surface area (Å²) < 4.78 is 0. The van der Waals surface area contributed by atoms with Crippen LogP contribution >= 0.6 is 0 Å². The molecule has 2 aromatic rings. The maximum atomic E-state index is 11.8. The van der Waals surface area contributed by atoms with Gasteiger partial charge in [0.05, 0.1) is 17.2 Å². The molecule has 3 N–H and O–H groups in total. The second-order valence-corrected chi connectivity index (χ2v) is 4.00. The quantitative estimate of drug-likeness (QED) is 0.726. The number of rotatable bonds is 3. The summed E-state index contributed by atoms with van der Waals surface area (Å²) in [4.78, 5) is 40.3. The highest BCUT2D eigenvalue weighted by Crippen LogP contribution is 2.09. The van der Waals surface area contributed by atoms with Crippen molar-refractivity contribution in [1.82, 2.24) is 15.3 Å². The normalized spacial score (nSPS) is 12.1. The minimum Gasteiger partial charge on any atom is -0.480 e. The van der Waals surface area contributed by atoms with E-state index in [0.717, 1.165) is 0 Å². The van der Waals surface area contributed by atoms with Crippen molar-refractivity contribution in [2.45, 2.75) is 13.0 Å². The van der Waals surface area contributed by atoms with Gasteiger partial charge in [0.15, 0.2) is 0 Å². The van der Waals surface area contributed by atoms with Gasteiger partial charge in [0.25, 0.3) is 11.5 Å². The number of carboxylic acid groups (broad SMARTS) is 1. The number of benzene rings is 1. The van der Waals surface area contributed by atoms with Crippen LogP contribution in [-0.2, 0) is 4.79 Å². The zero-order valence-electron chi connectivity index (χ0n) is 10.0. The molecule has 0 spiro atoms. The third kappa shape index (κ3) is 2.59. The zero-order valence-corrected chi connectivity index (χ0v) is 10.0. The molecule has 7 nitrogen and oxygen atoms in total. The molecular weight excluding hydrogens is 250 g/mol. The van der Waals surface area contributed by atoms with E-state index in [4.69, 9.17) is 5.11 Å². The number of nitrogens with one attached hydrogen (secondary N) is 2. The Morgan fingerprint density at radius 3 is 2.84 bits per heavy atom. The first-order valence-electron chi connectivity index (χ1n) is 5.50. The number of fused-ring (bicyclic) bond motifs is 1. The van der Waals surface area contributed by atoms with Gasteiger partial charge in [0.1, 0.15) is 6.04 Å². The van der Waals surface area contributed by atoms with Crippen LogP contribution in [0.4, 0.5) is 0 Å². The molecular formula is C12H11N3O4. The van der Waals surface area contributed by atoms with E-state index in [0.29, 0.717) is 10.9 Å². The summed E-state index contributed by atoms with van der Waals surface area (Å²) >= 11 is 0. The minimum atomic E-state index is -1.12. The van der Waals surface area contributed by atoms with E-state index in [9.17, 15) is 14.4 Å². The molecule has 0 fully saturated rings. The van der Waals surface area contributed by atoms with Crippen LogP contribution in [0.1, 0.15) is 17.3 Å². The van der Waals surface area contributed by atoms with E-state index in [1.807, 2.05) is 0 Å². The lowest BCUT2D eigenvalue weighted by Crippen LogP contribution is -2.38. The van der Waals surface area contributed by atoms with Gasteiger partial charge in [-0.05, 0) is 25.1 Å². The fourth-order valence-corrected chi connectivity index (χ4v) is 1.55. The number of carbonyl (C=O) groups is 2. The third-order valence-electron chi connectivity index (χ3n) is 2.62. The molecule has 0 aliphatic carbocycles. The first-order valence-corrected chi connectivity index (χ1v) is 5.50. The fraction of sp³-hybridized carbons (Fsp3) is 0.167. The Hall–Kier alpha value is -2.70. The number of H-pyrrole nitrogens is 1. The number of carboxylic acids is 1. The number of amides is 1. The molecule has 0 unspecified atom stereocenters. The van der Waals surface area contributed by atoms with Gasteiger partial charge in [-0.3, -0.25) is 14.4 Å². The lowest BCUT2D eigenvalue weighted by Gasteiger charge is -2.09. The molecule has 1 heterocycles. The number of hydrogen-bond acceptors (Lipinski definition) is 4. The molecule has 19 heavy (non-hydrogen) atoms. The molecule has 0 radical (unpaired) electrons. The first-order chi connectivity index (χ1) is 8.99. The van der Waals surface area contributed by atoms with Crippen LogP contribution in [0, 0.1) is 0 Å². The largest absolute Gasteiger partial charge is 0.480 e. The van der Waals surface area contributed by atoms with Crippen LogP contribution in [0.25, 0.3) is 10.9 Å². The lowest BCUT2D eigenvalue weighted by atomic mass is 10.1. The maximum Gasteiger partial charge on any atom is 0.325 e. The van der Waals surface area contributed by atoms with E-state index in [1.54, 1.807) is 0 Å². The fourth-order valence-electron chi connectivity index (χ4n) is 1.55. The van der Waals surface area contributed by atoms with Gasteiger partial charge >= 0.3 is 5.97 Å². The average Bonchev–Trinajstić information content (AvgIpc) is 2.38. The number of aliphatic carboxylic acids is 1. The van der Waals surface area contributed by atoms with Gasteiger partial charge in [-0.2, -0.15) is 0 Å². The molecule has 7 heteroatoms. The highest BCUT2D eigenvalue weighted by Gasteiger charge is 2.15. The molecule has 1 amide bonds. The highest BCUT2D eigenvalue weighted by molar-refractivity contribution is 5.99. The Kier molecular flexibility index (Phi) is 3.28. The number of aromatic amines is 1. The molecule has 0 aliphatic rings. The van der Waals surface area contributed by atoms with Crippen molar-refractivity contribution in [3.05, 3.63) is 40.4 Å². The van der Waals surface area contributed by atoms with Crippen molar-refractivity contribution in [2.24, 2.45) is 0 Å². The Balaban J connectivity index is 2.34. The van der Waals surface area contributed by atoms with Crippen molar-refractivity contribution >= 4 is 22.8 Å². The van der Waals surface area contributed by atoms with Gasteiger partial charge < -0.3 is 15.4 Å². The first kappa shape index (κ1) is 12.7. The predicted molar refractivity (Wildman–Crippen MR) is 66.9 cm³/mol. The Morgan fingerprint density at radius 2 is 2.16 bits per heavy atom. The van der Waals surface area contributed by atoms with Gasteiger partial charge in [-0.15, -0.1) is 0 Å². The molecule has 0 aliphatic heterocycles. The van der Waals surface area contributed by atoms with Gasteiger partial charge in [0, 0.05) is 5.56 Å². The van der Waals surface area contributed by atoms with E-state index in [2.05, 4.69) is 15.3 Å². The molecule has 1 atom stereocenters. The summed E-state index contributed by atoms with van der Waals surface area (Å²) in [6, 6.07) is 3.37. The minimum absolute atomic E-state index is 0.249. The molecule has 1 aromatic heterocycles. The average molecular weight is 261 g/mol. The van der Waals surface area contributed by atoms with Gasteiger partial charge in [0.2, 0.25) is 0 Å².